The first kappa shape index (κ1) is 13.9. The second-order valence-electron chi connectivity index (χ2n) is 3.52. The molecule has 0 spiro atoms. The van der Waals surface area contributed by atoms with E-state index in [0.29, 0.717) is 5.01 Å². The number of hydrogen-bond donors (Lipinski definition) is 2. The van der Waals surface area contributed by atoms with Crippen LogP contribution >= 0.6 is 11.3 Å². The summed E-state index contributed by atoms with van der Waals surface area (Å²) < 4.78 is 36.1. The summed E-state index contributed by atoms with van der Waals surface area (Å²) in [7, 11) is 0. The Labute approximate surface area is 100 Å². The highest BCUT2D eigenvalue weighted by atomic mass is 32.1. The van der Waals surface area contributed by atoms with E-state index in [1.807, 2.05) is 0 Å². The van der Waals surface area contributed by atoms with Crippen LogP contribution in [-0.2, 0) is 6.54 Å². The van der Waals surface area contributed by atoms with Gasteiger partial charge in [-0.05, 0) is 6.92 Å². The summed E-state index contributed by atoms with van der Waals surface area (Å²) in [4.78, 5) is 15.4. The van der Waals surface area contributed by atoms with Crippen LogP contribution in [0.1, 0.15) is 28.8 Å². The normalized spacial score (nSPS) is 13.5. The summed E-state index contributed by atoms with van der Waals surface area (Å²) in [5, 5.41) is 4.27. The maximum atomic E-state index is 12.0. The van der Waals surface area contributed by atoms with Crippen molar-refractivity contribution in [2.75, 3.05) is 0 Å². The Morgan fingerprint density at radius 3 is 2.76 bits per heavy atom. The van der Waals surface area contributed by atoms with Crippen molar-refractivity contribution < 1.29 is 18.0 Å². The van der Waals surface area contributed by atoms with Gasteiger partial charge < -0.3 is 11.1 Å². The average molecular weight is 267 g/mol. The van der Waals surface area contributed by atoms with Crippen LogP contribution in [0.15, 0.2) is 5.38 Å². The average Bonchev–Trinajstić information content (AvgIpc) is 2.62. The van der Waals surface area contributed by atoms with E-state index >= 15 is 0 Å². The van der Waals surface area contributed by atoms with Crippen LogP contribution in [0, 0.1) is 0 Å². The summed E-state index contributed by atoms with van der Waals surface area (Å²) in [5.74, 6) is -0.613. The number of carbonyl (C=O) groups excluding carboxylic acids is 1. The Morgan fingerprint density at radius 1 is 1.65 bits per heavy atom. The third-order valence-corrected chi connectivity index (χ3v) is 2.75. The van der Waals surface area contributed by atoms with Gasteiger partial charge in [-0.15, -0.1) is 11.3 Å². The molecule has 1 rings (SSSR count). The van der Waals surface area contributed by atoms with Gasteiger partial charge in [-0.3, -0.25) is 4.79 Å². The van der Waals surface area contributed by atoms with Crippen molar-refractivity contribution in [2.24, 2.45) is 5.73 Å². The zero-order chi connectivity index (χ0) is 13.1. The Balaban J connectivity index is 2.54. The van der Waals surface area contributed by atoms with Crippen molar-refractivity contribution in [1.29, 1.82) is 0 Å². The second kappa shape index (κ2) is 5.46. The molecule has 0 radical (unpaired) electrons. The fourth-order valence-electron chi connectivity index (χ4n) is 1.20. The first-order chi connectivity index (χ1) is 7.81. The molecule has 0 saturated carbocycles. The van der Waals surface area contributed by atoms with Gasteiger partial charge in [0.1, 0.15) is 10.7 Å². The predicted molar refractivity (Wildman–Crippen MR) is 57.6 cm³/mol. The molecule has 0 bridgehead atoms. The molecular formula is C9H12F3N3OS. The van der Waals surface area contributed by atoms with Gasteiger partial charge in [-0.1, -0.05) is 0 Å². The Kier molecular flexibility index (Phi) is 4.47. The minimum atomic E-state index is -4.29. The number of hydrogen-bond acceptors (Lipinski definition) is 4. The maximum absolute atomic E-state index is 12.0. The van der Waals surface area contributed by atoms with E-state index in [9.17, 15) is 18.0 Å². The Hall–Kier alpha value is -1.15. The lowest BCUT2D eigenvalue weighted by atomic mass is 10.2. The van der Waals surface area contributed by atoms with E-state index in [-0.39, 0.29) is 12.2 Å². The number of halogens is 3. The smallest absolute Gasteiger partial charge is 0.348 e. The highest BCUT2D eigenvalue weighted by Crippen LogP contribution is 2.21. The Morgan fingerprint density at radius 2 is 2.29 bits per heavy atom. The number of nitrogens with one attached hydrogen (secondary N) is 1. The van der Waals surface area contributed by atoms with Gasteiger partial charge in [0.15, 0.2) is 0 Å². The maximum Gasteiger partial charge on any atom is 0.391 e. The predicted octanol–water partition coefficient (Wildman–Crippen LogP) is 1.67. The molecule has 3 N–H and O–H groups in total. The number of thiazole rings is 1. The largest absolute Gasteiger partial charge is 0.391 e. The third-order valence-electron chi connectivity index (χ3n) is 1.87. The monoisotopic (exact) mass is 267 g/mol. The van der Waals surface area contributed by atoms with Crippen LogP contribution in [0.2, 0.25) is 0 Å². The van der Waals surface area contributed by atoms with Crippen LogP contribution in [0.5, 0.6) is 0 Å². The molecule has 0 aliphatic carbocycles. The fourth-order valence-corrected chi connectivity index (χ4v) is 1.86. The van der Waals surface area contributed by atoms with Crippen LogP contribution in [0.3, 0.4) is 0 Å². The van der Waals surface area contributed by atoms with E-state index in [1.54, 1.807) is 0 Å². The quantitative estimate of drug-likeness (QED) is 0.872. The fraction of sp³-hybridized carbons (Fsp3) is 0.556. The number of aromatic nitrogens is 1. The van der Waals surface area contributed by atoms with Crippen molar-refractivity contribution in [3.63, 3.8) is 0 Å². The molecule has 8 heteroatoms. The van der Waals surface area contributed by atoms with Gasteiger partial charge in [0.2, 0.25) is 0 Å². The van der Waals surface area contributed by atoms with Gasteiger partial charge in [0.05, 0.1) is 6.42 Å². The van der Waals surface area contributed by atoms with E-state index in [2.05, 4.69) is 10.3 Å². The summed E-state index contributed by atoms with van der Waals surface area (Å²) in [6, 6.07) is -0.981. The zero-order valence-corrected chi connectivity index (χ0v) is 9.86. The molecule has 1 aromatic rings. The Bertz CT molecular complexity index is 391. The molecule has 0 fully saturated rings. The van der Waals surface area contributed by atoms with Crippen LogP contribution in [-0.4, -0.2) is 23.1 Å². The topological polar surface area (TPSA) is 68.0 Å². The van der Waals surface area contributed by atoms with Crippen LogP contribution in [0.25, 0.3) is 0 Å². The molecule has 0 aliphatic heterocycles. The van der Waals surface area contributed by atoms with E-state index in [0.717, 1.165) is 0 Å². The number of rotatable bonds is 4. The van der Waals surface area contributed by atoms with Gasteiger partial charge in [-0.25, -0.2) is 4.98 Å². The molecule has 0 aromatic carbocycles. The number of carbonyl (C=O) groups is 1. The summed E-state index contributed by atoms with van der Waals surface area (Å²) >= 11 is 1.20. The first-order valence-electron chi connectivity index (χ1n) is 4.84. The minimum absolute atomic E-state index is 0.101. The third kappa shape index (κ3) is 4.70. The lowest BCUT2D eigenvalue weighted by molar-refractivity contribution is -0.138. The molecule has 96 valence electrons. The van der Waals surface area contributed by atoms with Gasteiger partial charge in [0.25, 0.3) is 5.91 Å². The lowest BCUT2D eigenvalue weighted by Crippen LogP contribution is -2.36. The van der Waals surface area contributed by atoms with Crippen LogP contribution < -0.4 is 11.1 Å². The van der Waals surface area contributed by atoms with Crippen molar-refractivity contribution in [3.8, 4) is 0 Å². The van der Waals surface area contributed by atoms with Gasteiger partial charge in [0, 0.05) is 18.0 Å². The number of amides is 1. The molecule has 1 unspecified atom stereocenters. The van der Waals surface area contributed by atoms with Crippen molar-refractivity contribution in [1.82, 2.24) is 10.3 Å². The summed E-state index contributed by atoms with van der Waals surface area (Å²) in [6.45, 7) is 1.50. The molecule has 4 nitrogen and oxygen atoms in total. The van der Waals surface area contributed by atoms with Crippen molar-refractivity contribution in [3.05, 3.63) is 16.1 Å². The summed E-state index contributed by atoms with van der Waals surface area (Å²) in [5.41, 5.74) is 5.42. The molecule has 1 atom stereocenters. The standard InChI is InChI=1S/C9H12F3N3OS/c1-5(2-9(10,11)12)14-8(16)6-4-17-7(3-13)15-6/h4-5H,2-3,13H2,1H3,(H,14,16). The number of nitrogens with two attached hydrogens (primary N) is 1. The van der Waals surface area contributed by atoms with E-state index in [1.165, 1.54) is 23.6 Å². The molecular weight excluding hydrogens is 255 g/mol. The van der Waals surface area contributed by atoms with E-state index in [4.69, 9.17) is 5.73 Å². The van der Waals surface area contributed by atoms with Crippen molar-refractivity contribution >= 4 is 17.2 Å². The van der Waals surface area contributed by atoms with Crippen molar-refractivity contribution in [2.45, 2.75) is 32.1 Å². The first-order valence-corrected chi connectivity index (χ1v) is 5.72. The number of nitrogens with zero attached hydrogens (tertiary/aromatic N) is 1. The zero-order valence-electron chi connectivity index (χ0n) is 9.04. The van der Waals surface area contributed by atoms with Crippen LogP contribution in [0.4, 0.5) is 13.2 Å². The highest BCUT2D eigenvalue weighted by Gasteiger charge is 2.30. The molecule has 1 heterocycles. The second-order valence-corrected chi connectivity index (χ2v) is 4.47. The highest BCUT2D eigenvalue weighted by molar-refractivity contribution is 7.09. The minimum Gasteiger partial charge on any atom is -0.348 e. The molecule has 1 aromatic heterocycles. The van der Waals surface area contributed by atoms with Gasteiger partial charge in [-0.2, -0.15) is 13.2 Å². The lowest BCUT2D eigenvalue weighted by Gasteiger charge is -2.14. The number of alkyl halides is 3. The molecule has 17 heavy (non-hydrogen) atoms. The van der Waals surface area contributed by atoms with Gasteiger partial charge >= 0.3 is 6.18 Å². The van der Waals surface area contributed by atoms with E-state index < -0.39 is 24.5 Å². The molecule has 0 aliphatic rings. The summed E-state index contributed by atoms with van der Waals surface area (Å²) in [6.07, 6.45) is -5.36. The molecule has 0 saturated heterocycles. The molecule has 1 amide bonds. The SMILES string of the molecule is CC(CC(F)(F)F)NC(=O)c1csc(CN)n1.